The van der Waals surface area contributed by atoms with Gasteiger partial charge in [0.1, 0.15) is 11.4 Å². The number of alkyl halides is 3. The van der Waals surface area contributed by atoms with E-state index in [4.69, 9.17) is 4.74 Å². The van der Waals surface area contributed by atoms with Gasteiger partial charge in [-0.15, -0.1) is 0 Å². The fourth-order valence-corrected chi connectivity index (χ4v) is 5.35. The Hall–Kier alpha value is -4.97. The van der Waals surface area contributed by atoms with Crippen LogP contribution in [-0.2, 0) is 6.18 Å². The van der Waals surface area contributed by atoms with Gasteiger partial charge in [-0.2, -0.15) is 13.2 Å². The number of aromatic nitrogens is 2. The lowest BCUT2D eigenvalue weighted by atomic mass is 10.1. The summed E-state index contributed by atoms with van der Waals surface area (Å²) in [5.74, 6) is 0.858. The lowest BCUT2D eigenvalue weighted by Gasteiger charge is -2.16. The van der Waals surface area contributed by atoms with Crippen molar-refractivity contribution in [2.45, 2.75) is 6.18 Å². The second-order valence-corrected chi connectivity index (χ2v) is 9.33. The lowest BCUT2D eigenvalue weighted by Crippen LogP contribution is -2.04. The number of benzene rings is 5. The number of para-hydroxylation sites is 5. The van der Waals surface area contributed by atoms with Gasteiger partial charge in [0.25, 0.3) is 0 Å². The summed E-state index contributed by atoms with van der Waals surface area (Å²) in [6.45, 7) is 0. The molecule has 39 heavy (non-hydrogen) atoms. The van der Waals surface area contributed by atoms with Crippen molar-refractivity contribution in [2.75, 3.05) is 0 Å². The molecule has 0 saturated carbocycles. The standard InChI is InChI=1S/C33H21F3N2O/c34-33(35,36)22-18-20-24(21-19-22)39-30-17-9-8-16-29(30)38-28-15-7-5-13-26(28)31-25-12-4-6-14-27(25)37(32(31)38)23-10-2-1-3-11-23/h1-21H. The average Bonchev–Trinajstić information content (AvgIpc) is 3.46. The summed E-state index contributed by atoms with van der Waals surface area (Å²) < 4.78 is 50.0. The van der Waals surface area contributed by atoms with E-state index in [0.29, 0.717) is 11.5 Å². The summed E-state index contributed by atoms with van der Waals surface area (Å²) in [7, 11) is 0. The number of halogens is 3. The summed E-state index contributed by atoms with van der Waals surface area (Å²) in [6, 6.07) is 39.1. The van der Waals surface area contributed by atoms with Gasteiger partial charge in [-0.05, 0) is 60.7 Å². The molecule has 5 aromatic carbocycles. The van der Waals surface area contributed by atoms with Gasteiger partial charge in [0, 0.05) is 21.8 Å². The van der Waals surface area contributed by atoms with Crippen molar-refractivity contribution in [1.82, 2.24) is 9.13 Å². The SMILES string of the molecule is FC(F)(F)c1ccc(Oc2ccccc2-n2c3ccccc3c3c4ccccc4n(-c4ccccc4)c32)cc1. The third-order valence-electron chi connectivity index (χ3n) is 7.01. The molecule has 0 N–H and O–H groups in total. The number of rotatable bonds is 4. The molecule has 0 aliphatic heterocycles. The van der Waals surface area contributed by atoms with E-state index >= 15 is 0 Å². The summed E-state index contributed by atoms with van der Waals surface area (Å²) in [5, 5.41) is 3.35. The van der Waals surface area contributed by atoms with Crippen LogP contribution in [0.2, 0.25) is 0 Å². The Morgan fingerprint density at radius 1 is 0.538 bits per heavy atom. The molecule has 7 aromatic rings. The van der Waals surface area contributed by atoms with Crippen molar-refractivity contribution >= 4 is 32.8 Å². The predicted molar refractivity (Wildman–Crippen MR) is 149 cm³/mol. The van der Waals surface area contributed by atoms with Crippen molar-refractivity contribution in [1.29, 1.82) is 0 Å². The van der Waals surface area contributed by atoms with Crippen LogP contribution in [0.1, 0.15) is 5.56 Å². The van der Waals surface area contributed by atoms with Crippen LogP contribution in [0.3, 0.4) is 0 Å². The van der Waals surface area contributed by atoms with Gasteiger partial charge in [0.2, 0.25) is 0 Å². The molecule has 0 spiro atoms. The molecule has 2 aromatic heterocycles. The number of hydrogen-bond acceptors (Lipinski definition) is 1. The first kappa shape index (κ1) is 23.2. The van der Waals surface area contributed by atoms with Crippen molar-refractivity contribution in [2.24, 2.45) is 0 Å². The van der Waals surface area contributed by atoms with E-state index in [2.05, 4.69) is 45.5 Å². The first-order chi connectivity index (χ1) is 19.0. The number of ether oxygens (including phenoxy) is 1. The van der Waals surface area contributed by atoms with Gasteiger partial charge >= 0.3 is 6.18 Å². The summed E-state index contributed by atoms with van der Waals surface area (Å²) >= 11 is 0. The van der Waals surface area contributed by atoms with Crippen LogP contribution in [0.15, 0.2) is 127 Å². The summed E-state index contributed by atoms with van der Waals surface area (Å²) in [6.07, 6.45) is -4.41. The average molecular weight is 519 g/mol. The van der Waals surface area contributed by atoms with Gasteiger partial charge in [0.05, 0.1) is 22.3 Å². The maximum atomic E-state index is 13.1. The largest absolute Gasteiger partial charge is 0.455 e. The molecular weight excluding hydrogens is 497 g/mol. The van der Waals surface area contributed by atoms with Crippen LogP contribution >= 0.6 is 0 Å². The minimum absolute atomic E-state index is 0.326. The van der Waals surface area contributed by atoms with Crippen molar-refractivity contribution in [3.8, 4) is 22.9 Å². The van der Waals surface area contributed by atoms with Gasteiger partial charge in [0.15, 0.2) is 5.75 Å². The highest BCUT2D eigenvalue weighted by Gasteiger charge is 2.30. The molecular formula is C33H21F3N2O. The van der Waals surface area contributed by atoms with Crippen LogP contribution in [0, 0.1) is 0 Å². The van der Waals surface area contributed by atoms with Crippen molar-refractivity contribution in [3.63, 3.8) is 0 Å². The quantitative estimate of drug-likeness (QED) is 0.227. The molecule has 0 aliphatic carbocycles. The van der Waals surface area contributed by atoms with Crippen molar-refractivity contribution < 1.29 is 17.9 Å². The Bertz CT molecular complexity index is 1970. The molecule has 0 aliphatic rings. The zero-order chi connectivity index (χ0) is 26.6. The normalized spacial score (nSPS) is 12.0. The topological polar surface area (TPSA) is 19.1 Å². The number of hydrogen-bond donors (Lipinski definition) is 0. The monoisotopic (exact) mass is 518 g/mol. The van der Waals surface area contributed by atoms with E-state index in [9.17, 15) is 13.2 Å². The summed E-state index contributed by atoms with van der Waals surface area (Å²) in [5.41, 5.74) is 4.15. The van der Waals surface area contributed by atoms with Gasteiger partial charge in [-0.3, -0.25) is 9.13 Å². The highest BCUT2D eigenvalue weighted by atomic mass is 19.4. The molecule has 7 rings (SSSR count). The van der Waals surface area contributed by atoms with Crippen molar-refractivity contribution in [3.05, 3.63) is 133 Å². The number of fused-ring (bicyclic) bond motifs is 5. The zero-order valence-electron chi connectivity index (χ0n) is 20.6. The highest BCUT2D eigenvalue weighted by Crippen LogP contribution is 2.42. The van der Waals surface area contributed by atoms with E-state index in [-0.39, 0.29) is 0 Å². The van der Waals surface area contributed by atoms with Crippen LogP contribution in [-0.4, -0.2) is 9.13 Å². The van der Waals surface area contributed by atoms with E-state index in [1.807, 2.05) is 66.7 Å². The molecule has 0 bridgehead atoms. The Morgan fingerprint density at radius 3 is 1.77 bits per heavy atom. The molecule has 0 saturated heterocycles. The summed E-state index contributed by atoms with van der Waals surface area (Å²) in [4.78, 5) is 0. The fourth-order valence-electron chi connectivity index (χ4n) is 5.35. The zero-order valence-corrected chi connectivity index (χ0v) is 20.6. The smallest absolute Gasteiger partial charge is 0.416 e. The van der Waals surface area contributed by atoms with Gasteiger partial charge < -0.3 is 4.74 Å². The first-order valence-electron chi connectivity index (χ1n) is 12.5. The Labute approximate surface area is 221 Å². The minimum Gasteiger partial charge on any atom is -0.455 e. The van der Waals surface area contributed by atoms with E-state index in [1.165, 1.54) is 12.1 Å². The molecule has 0 radical (unpaired) electrons. The minimum atomic E-state index is -4.41. The van der Waals surface area contributed by atoms with Gasteiger partial charge in [-0.25, -0.2) is 0 Å². The second kappa shape index (κ2) is 8.81. The molecule has 2 heterocycles. The first-order valence-corrected chi connectivity index (χ1v) is 12.5. The Morgan fingerprint density at radius 2 is 1.10 bits per heavy atom. The van der Waals surface area contributed by atoms with Crippen LogP contribution in [0.5, 0.6) is 11.5 Å². The fraction of sp³-hybridized carbons (Fsp3) is 0.0303. The third-order valence-corrected chi connectivity index (χ3v) is 7.01. The maximum Gasteiger partial charge on any atom is 0.416 e. The van der Waals surface area contributed by atoms with E-state index in [1.54, 1.807) is 0 Å². The van der Waals surface area contributed by atoms with Crippen LogP contribution < -0.4 is 4.74 Å². The van der Waals surface area contributed by atoms with E-state index < -0.39 is 11.7 Å². The molecule has 3 nitrogen and oxygen atoms in total. The molecule has 0 unspecified atom stereocenters. The predicted octanol–water partition coefficient (Wildman–Crippen LogP) is 9.54. The molecule has 0 amide bonds. The molecule has 0 atom stereocenters. The van der Waals surface area contributed by atoms with Crippen LogP contribution in [0.4, 0.5) is 13.2 Å². The molecule has 6 heteroatoms. The maximum absolute atomic E-state index is 13.1. The third kappa shape index (κ3) is 3.76. The number of nitrogens with zero attached hydrogens (tertiary/aromatic N) is 2. The molecule has 190 valence electrons. The second-order valence-electron chi connectivity index (χ2n) is 9.33. The van der Waals surface area contributed by atoms with Gasteiger partial charge in [-0.1, -0.05) is 66.7 Å². The lowest BCUT2D eigenvalue weighted by molar-refractivity contribution is -0.137. The molecule has 0 fully saturated rings. The van der Waals surface area contributed by atoms with Crippen LogP contribution in [0.25, 0.3) is 44.2 Å². The van der Waals surface area contributed by atoms with E-state index in [0.717, 1.165) is 56.3 Å². The highest BCUT2D eigenvalue weighted by molar-refractivity contribution is 6.22. The Balaban J connectivity index is 1.51. The Kier molecular flexibility index (Phi) is 5.23.